The van der Waals surface area contributed by atoms with Crippen molar-refractivity contribution in [1.29, 1.82) is 5.26 Å². The van der Waals surface area contributed by atoms with Gasteiger partial charge in [-0.2, -0.15) is 18.4 Å². The SMILES string of the molecule is N#CCNC(=O)C(=O)NOCC(F)(F)F. The molecule has 2 amide bonds. The molecule has 0 rings (SSSR count). The highest BCUT2D eigenvalue weighted by Crippen LogP contribution is 2.13. The van der Waals surface area contributed by atoms with Crippen LogP contribution in [0.3, 0.4) is 0 Å². The van der Waals surface area contributed by atoms with Crippen molar-refractivity contribution < 1.29 is 27.6 Å². The van der Waals surface area contributed by atoms with Crippen LogP contribution in [0.15, 0.2) is 0 Å². The second-order valence-corrected chi connectivity index (χ2v) is 2.18. The second kappa shape index (κ2) is 5.82. The number of alkyl halides is 3. The van der Waals surface area contributed by atoms with Crippen molar-refractivity contribution in [2.45, 2.75) is 6.18 Å². The minimum absolute atomic E-state index is 0.425. The zero-order chi connectivity index (χ0) is 11.9. The molecule has 2 N–H and O–H groups in total. The summed E-state index contributed by atoms with van der Waals surface area (Å²) in [7, 11) is 0. The van der Waals surface area contributed by atoms with Gasteiger partial charge < -0.3 is 5.32 Å². The molecule has 84 valence electrons. The highest BCUT2D eigenvalue weighted by molar-refractivity contribution is 6.34. The molecule has 0 atom stereocenters. The topological polar surface area (TPSA) is 91.2 Å². The number of amides is 2. The van der Waals surface area contributed by atoms with Crippen LogP contribution in [-0.4, -0.2) is 31.1 Å². The van der Waals surface area contributed by atoms with Gasteiger partial charge in [0.25, 0.3) is 0 Å². The monoisotopic (exact) mass is 225 g/mol. The normalized spacial score (nSPS) is 10.3. The molecular formula is C6H6F3N3O3. The Kier molecular flexibility index (Phi) is 5.11. The van der Waals surface area contributed by atoms with Crippen LogP contribution in [0.1, 0.15) is 0 Å². The summed E-state index contributed by atoms with van der Waals surface area (Å²) in [6, 6.07) is 1.50. The summed E-state index contributed by atoms with van der Waals surface area (Å²) < 4.78 is 34.5. The molecule has 15 heavy (non-hydrogen) atoms. The van der Waals surface area contributed by atoms with Crippen LogP contribution in [0.4, 0.5) is 13.2 Å². The number of hydrogen-bond acceptors (Lipinski definition) is 4. The summed E-state index contributed by atoms with van der Waals surface area (Å²) in [6.07, 6.45) is -4.60. The maximum Gasteiger partial charge on any atom is 0.414 e. The van der Waals surface area contributed by atoms with Gasteiger partial charge in [0.15, 0.2) is 6.61 Å². The molecule has 0 aromatic rings. The number of halogens is 3. The highest BCUT2D eigenvalue weighted by atomic mass is 19.4. The van der Waals surface area contributed by atoms with Gasteiger partial charge in [0.05, 0.1) is 6.07 Å². The van der Waals surface area contributed by atoms with E-state index in [0.29, 0.717) is 0 Å². The number of nitrogens with zero attached hydrogens (tertiary/aromatic N) is 1. The molecule has 0 fully saturated rings. The average molecular weight is 225 g/mol. The third-order valence-corrected chi connectivity index (χ3v) is 0.935. The minimum Gasteiger partial charge on any atom is -0.335 e. The van der Waals surface area contributed by atoms with E-state index >= 15 is 0 Å². The van der Waals surface area contributed by atoms with Gasteiger partial charge in [0, 0.05) is 0 Å². The molecule has 0 aliphatic heterocycles. The van der Waals surface area contributed by atoms with Crippen LogP contribution < -0.4 is 10.8 Å². The van der Waals surface area contributed by atoms with E-state index in [0.717, 1.165) is 0 Å². The summed E-state index contributed by atoms with van der Waals surface area (Å²) in [6.45, 7) is -2.13. The minimum atomic E-state index is -4.60. The summed E-state index contributed by atoms with van der Waals surface area (Å²) in [4.78, 5) is 24.9. The molecule has 0 saturated heterocycles. The Morgan fingerprint density at radius 3 is 2.40 bits per heavy atom. The van der Waals surface area contributed by atoms with Gasteiger partial charge in [-0.15, -0.1) is 0 Å². The van der Waals surface area contributed by atoms with Crippen LogP contribution >= 0.6 is 0 Å². The van der Waals surface area contributed by atoms with E-state index < -0.39 is 31.1 Å². The molecule has 0 spiro atoms. The Morgan fingerprint density at radius 1 is 1.33 bits per heavy atom. The molecule has 0 aromatic heterocycles. The Bertz CT molecular complexity index is 284. The first-order chi connectivity index (χ1) is 6.87. The summed E-state index contributed by atoms with van der Waals surface area (Å²) in [5.41, 5.74) is 1.27. The van der Waals surface area contributed by atoms with E-state index in [1.54, 1.807) is 5.32 Å². The maximum atomic E-state index is 11.5. The van der Waals surface area contributed by atoms with Gasteiger partial charge in [-0.1, -0.05) is 0 Å². The van der Waals surface area contributed by atoms with Crippen LogP contribution in [-0.2, 0) is 14.4 Å². The van der Waals surface area contributed by atoms with Crippen LogP contribution in [0.5, 0.6) is 0 Å². The molecule has 0 heterocycles. The zero-order valence-corrected chi connectivity index (χ0v) is 7.22. The smallest absolute Gasteiger partial charge is 0.335 e. The zero-order valence-electron chi connectivity index (χ0n) is 7.22. The molecule has 0 aliphatic rings. The molecule has 6 nitrogen and oxygen atoms in total. The third-order valence-electron chi connectivity index (χ3n) is 0.935. The van der Waals surface area contributed by atoms with E-state index in [4.69, 9.17) is 5.26 Å². The molecular weight excluding hydrogens is 219 g/mol. The van der Waals surface area contributed by atoms with Gasteiger partial charge >= 0.3 is 18.0 Å². The Balaban J connectivity index is 3.76. The third kappa shape index (κ3) is 7.27. The van der Waals surface area contributed by atoms with E-state index in [-0.39, 0.29) is 0 Å². The lowest BCUT2D eigenvalue weighted by atomic mass is 10.5. The number of hydroxylamine groups is 1. The van der Waals surface area contributed by atoms with E-state index in [2.05, 4.69) is 4.84 Å². The predicted molar refractivity (Wildman–Crippen MR) is 38.8 cm³/mol. The van der Waals surface area contributed by atoms with Crippen molar-refractivity contribution in [3.8, 4) is 6.07 Å². The lowest BCUT2D eigenvalue weighted by Gasteiger charge is -2.07. The number of carbonyl (C=O) groups excluding carboxylic acids is 2. The quantitative estimate of drug-likeness (QED) is 0.375. The number of nitriles is 1. The van der Waals surface area contributed by atoms with Crippen LogP contribution in [0.25, 0.3) is 0 Å². The van der Waals surface area contributed by atoms with Crippen molar-refractivity contribution in [3.05, 3.63) is 0 Å². The standard InChI is InChI=1S/C6H6F3N3O3/c7-6(8,9)3-15-12-5(14)4(13)11-2-1-10/h2-3H2,(H,11,13)(H,12,14). The van der Waals surface area contributed by atoms with Crippen molar-refractivity contribution in [2.75, 3.05) is 13.2 Å². The lowest BCUT2D eigenvalue weighted by Crippen LogP contribution is -2.41. The number of hydrogen-bond donors (Lipinski definition) is 2. The van der Waals surface area contributed by atoms with Gasteiger partial charge in [-0.3, -0.25) is 14.4 Å². The van der Waals surface area contributed by atoms with Gasteiger partial charge in [0.2, 0.25) is 0 Å². The molecule has 0 aliphatic carbocycles. The Labute approximate surface area is 81.9 Å². The maximum absolute atomic E-state index is 11.5. The van der Waals surface area contributed by atoms with Crippen LogP contribution in [0, 0.1) is 11.3 Å². The van der Waals surface area contributed by atoms with Crippen LogP contribution in [0.2, 0.25) is 0 Å². The van der Waals surface area contributed by atoms with Gasteiger partial charge in [0.1, 0.15) is 6.54 Å². The van der Waals surface area contributed by atoms with Crippen molar-refractivity contribution in [3.63, 3.8) is 0 Å². The van der Waals surface area contributed by atoms with Crippen molar-refractivity contribution >= 4 is 11.8 Å². The number of carbonyl (C=O) groups is 2. The first kappa shape index (κ1) is 13.2. The molecule has 0 bridgehead atoms. The van der Waals surface area contributed by atoms with E-state index in [9.17, 15) is 22.8 Å². The van der Waals surface area contributed by atoms with Gasteiger partial charge in [-0.05, 0) is 0 Å². The average Bonchev–Trinajstić information content (AvgIpc) is 2.11. The molecule has 0 aromatic carbocycles. The largest absolute Gasteiger partial charge is 0.414 e. The second-order valence-electron chi connectivity index (χ2n) is 2.18. The van der Waals surface area contributed by atoms with Gasteiger partial charge in [-0.25, -0.2) is 5.48 Å². The lowest BCUT2D eigenvalue weighted by molar-refractivity contribution is -0.192. The van der Waals surface area contributed by atoms with Crippen molar-refractivity contribution in [1.82, 2.24) is 10.8 Å². The fraction of sp³-hybridized carbons (Fsp3) is 0.500. The van der Waals surface area contributed by atoms with Crippen molar-refractivity contribution in [2.24, 2.45) is 0 Å². The fourth-order valence-corrected chi connectivity index (χ4v) is 0.430. The van der Waals surface area contributed by atoms with E-state index in [1.165, 1.54) is 11.5 Å². The fourth-order valence-electron chi connectivity index (χ4n) is 0.430. The Morgan fingerprint density at radius 2 is 1.93 bits per heavy atom. The first-order valence-electron chi connectivity index (χ1n) is 3.50. The summed E-state index contributed by atoms with van der Waals surface area (Å²) >= 11 is 0. The van der Waals surface area contributed by atoms with E-state index in [1.807, 2.05) is 0 Å². The Hall–Kier alpha value is -1.82. The molecule has 9 heteroatoms. The summed E-state index contributed by atoms with van der Waals surface area (Å²) in [5.74, 6) is -2.66. The highest BCUT2D eigenvalue weighted by Gasteiger charge is 2.28. The molecule has 0 saturated carbocycles. The number of nitrogens with one attached hydrogen (secondary N) is 2. The summed E-state index contributed by atoms with van der Waals surface area (Å²) in [5, 5.41) is 9.81. The number of rotatable bonds is 3. The first-order valence-corrected chi connectivity index (χ1v) is 3.50. The predicted octanol–water partition coefficient (Wildman–Crippen LogP) is -0.764. The molecule has 0 radical (unpaired) electrons. The molecule has 0 unspecified atom stereocenters.